The molecule has 1 fully saturated rings. The van der Waals surface area contributed by atoms with Gasteiger partial charge in [-0.15, -0.1) is 0 Å². The minimum atomic E-state index is -0.164. The number of aromatic nitrogens is 2. The van der Waals surface area contributed by atoms with Gasteiger partial charge in [0.15, 0.2) is 0 Å². The Balaban J connectivity index is 1.52. The molecule has 0 unspecified atom stereocenters. The van der Waals surface area contributed by atoms with Gasteiger partial charge in [0.05, 0.1) is 17.8 Å². The van der Waals surface area contributed by atoms with Crippen molar-refractivity contribution in [3.05, 3.63) is 46.6 Å². The predicted molar refractivity (Wildman–Crippen MR) is 97.9 cm³/mol. The van der Waals surface area contributed by atoms with Crippen LogP contribution in [0.2, 0.25) is 5.02 Å². The maximum absolute atomic E-state index is 12.7. The van der Waals surface area contributed by atoms with Crippen LogP contribution in [0.15, 0.2) is 36.0 Å². The Kier molecular flexibility index (Phi) is 4.49. The van der Waals surface area contributed by atoms with E-state index >= 15 is 0 Å². The van der Waals surface area contributed by atoms with Gasteiger partial charge in [0, 0.05) is 16.7 Å². The number of nitrogens with one attached hydrogen (secondary N) is 1. The molecule has 1 aromatic carbocycles. The summed E-state index contributed by atoms with van der Waals surface area (Å²) in [6.07, 6.45) is 9.52. The summed E-state index contributed by atoms with van der Waals surface area (Å²) in [7, 11) is 0. The third kappa shape index (κ3) is 3.42. The molecule has 5 nitrogen and oxygen atoms in total. The van der Waals surface area contributed by atoms with E-state index in [0.717, 1.165) is 30.0 Å². The smallest absolute Gasteiger partial charge is 0.256 e. The van der Waals surface area contributed by atoms with Crippen LogP contribution in [0.5, 0.6) is 5.75 Å². The van der Waals surface area contributed by atoms with Crippen molar-refractivity contribution in [2.24, 2.45) is 0 Å². The van der Waals surface area contributed by atoms with Gasteiger partial charge in [-0.25, -0.2) is 4.68 Å². The van der Waals surface area contributed by atoms with Crippen LogP contribution in [-0.2, 0) is 4.79 Å². The Morgan fingerprint density at radius 1 is 1.24 bits per heavy atom. The summed E-state index contributed by atoms with van der Waals surface area (Å²) in [6.45, 7) is 0.248. The van der Waals surface area contributed by atoms with Gasteiger partial charge in [-0.3, -0.25) is 4.79 Å². The van der Waals surface area contributed by atoms with Gasteiger partial charge < -0.3 is 10.1 Å². The summed E-state index contributed by atoms with van der Waals surface area (Å²) in [6, 6.07) is 7.62. The van der Waals surface area contributed by atoms with Crippen molar-refractivity contribution in [1.82, 2.24) is 9.78 Å². The first-order chi connectivity index (χ1) is 12.2. The number of hydrogen-bond donors (Lipinski definition) is 1. The van der Waals surface area contributed by atoms with Crippen molar-refractivity contribution in [3.8, 4) is 5.75 Å². The number of rotatable bonds is 3. The molecule has 0 bridgehead atoms. The second-order valence-electron chi connectivity index (χ2n) is 6.55. The maximum Gasteiger partial charge on any atom is 0.256 e. The van der Waals surface area contributed by atoms with E-state index in [0.29, 0.717) is 16.6 Å². The molecule has 0 spiro atoms. The molecule has 0 radical (unpaired) electrons. The van der Waals surface area contributed by atoms with Crippen molar-refractivity contribution in [3.63, 3.8) is 0 Å². The third-order valence-corrected chi connectivity index (χ3v) is 5.04. The van der Waals surface area contributed by atoms with Gasteiger partial charge in [0.1, 0.15) is 18.2 Å². The normalized spacial score (nSPS) is 17.4. The average Bonchev–Trinajstić information content (AvgIpc) is 3.10. The zero-order valence-corrected chi connectivity index (χ0v) is 14.6. The van der Waals surface area contributed by atoms with Crippen molar-refractivity contribution < 1.29 is 9.53 Å². The van der Waals surface area contributed by atoms with E-state index in [9.17, 15) is 4.79 Å². The maximum atomic E-state index is 12.7. The molecule has 2 aromatic rings. The standard InChI is InChI=1S/C19H20ClN3O2/c20-15-6-7-17-13(11-15)10-14(12-25-17)19(24)22-18-8-9-21-23(18)16-4-2-1-3-5-16/h6-11,16H,1-5,12H2,(H,22,24). The van der Waals surface area contributed by atoms with E-state index in [1.807, 2.05) is 22.9 Å². The van der Waals surface area contributed by atoms with Gasteiger partial charge in [0.2, 0.25) is 0 Å². The predicted octanol–water partition coefficient (Wildman–Crippen LogP) is 4.46. The van der Waals surface area contributed by atoms with Gasteiger partial charge in [-0.1, -0.05) is 30.9 Å². The Morgan fingerprint density at radius 3 is 2.92 bits per heavy atom. The van der Waals surface area contributed by atoms with E-state index in [4.69, 9.17) is 16.3 Å². The number of halogens is 1. The molecule has 1 aliphatic heterocycles. The first-order valence-electron chi connectivity index (χ1n) is 8.68. The lowest BCUT2D eigenvalue weighted by Crippen LogP contribution is -2.24. The molecule has 0 saturated heterocycles. The fourth-order valence-electron chi connectivity index (χ4n) is 3.51. The van der Waals surface area contributed by atoms with E-state index in [1.54, 1.807) is 18.3 Å². The molecule has 0 atom stereocenters. The van der Waals surface area contributed by atoms with Gasteiger partial charge in [-0.05, 0) is 37.1 Å². The molecule has 25 heavy (non-hydrogen) atoms. The third-order valence-electron chi connectivity index (χ3n) is 4.81. The molecule has 4 rings (SSSR count). The first-order valence-corrected chi connectivity index (χ1v) is 9.06. The quantitative estimate of drug-likeness (QED) is 0.882. The highest BCUT2D eigenvalue weighted by molar-refractivity contribution is 6.30. The number of fused-ring (bicyclic) bond motifs is 1. The largest absolute Gasteiger partial charge is 0.488 e. The number of ether oxygens (including phenoxy) is 1. The topological polar surface area (TPSA) is 56.2 Å². The van der Waals surface area contributed by atoms with Gasteiger partial charge in [-0.2, -0.15) is 5.10 Å². The minimum Gasteiger partial charge on any atom is -0.488 e. The number of anilines is 1. The molecule has 1 amide bonds. The Labute approximate surface area is 151 Å². The minimum absolute atomic E-state index is 0.164. The highest BCUT2D eigenvalue weighted by Gasteiger charge is 2.22. The Bertz CT molecular complexity index is 822. The lowest BCUT2D eigenvalue weighted by molar-refractivity contribution is -0.113. The molecular formula is C19H20ClN3O2. The number of carbonyl (C=O) groups excluding carboxylic acids is 1. The van der Waals surface area contributed by atoms with Crippen molar-refractivity contribution in [2.75, 3.05) is 11.9 Å². The molecule has 130 valence electrons. The zero-order chi connectivity index (χ0) is 17.2. The summed E-state index contributed by atoms with van der Waals surface area (Å²) in [5.74, 6) is 1.33. The van der Waals surface area contributed by atoms with Crippen LogP contribution in [-0.4, -0.2) is 22.3 Å². The van der Waals surface area contributed by atoms with Crippen LogP contribution in [0, 0.1) is 0 Å². The lowest BCUT2D eigenvalue weighted by Gasteiger charge is -2.24. The second kappa shape index (κ2) is 6.92. The Hall–Kier alpha value is -2.27. The molecular weight excluding hydrogens is 338 g/mol. The number of amides is 1. The molecule has 6 heteroatoms. The SMILES string of the molecule is O=C(Nc1ccnn1C1CCCCC1)C1=Cc2cc(Cl)ccc2OC1. The molecule has 2 aliphatic rings. The van der Waals surface area contributed by atoms with E-state index in [2.05, 4.69) is 10.4 Å². The van der Waals surface area contributed by atoms with Crippen LogP contribution in [0.3, 0.4) is 0 Å². The highest BCUT2D eigenvalue weighted by Crippen LogP contribution is 2.31. The molecule has 1 saturated carbocycles. The number of carbonyl (C=O) groups is 1. The number of benzene rings is 1. The molecule has 1 aliphatic carbocycles. The van der Waals surface area contributed by atoms with Crippen LogP contribution >= 0.6 is 11.6 Å². The fourth-order valence-corrected chi connectivity index (χ4v) is 3.69. The molecule has 2 heterocycles. The highest BCUT2D eigenvalue weighted by atomic mass is 35.5. The lowest BCUT2D eigenvalue weighted by atomic mass is 9.96. The molecule has 1 aromatic heterocycles. The van der Waals surface area contributed by atoms with Crippen molar-refractivity contribution in [2.45, 2.75) is 38.1 Å². The monoisotopic (exact) mass is 357 g/mol. The second-order valence-corrected chi connectivity index (χ2v) is 6.98. The van der Waals surface area contributed by atoms with E-state index in [1.165, 1.54) is 19.3 Å². The number of hydrogen-bond acceptors (Lipinski definition) is 3. The summed E-state index contributed by atoms with van der Waals surface area (Å²) in [5.41, 5.74) is 1.40. The summed E-state index contributed by atoms with van der Waals surface area (Å²) >= 11 is 6.03. The summed E-state index contributed by atoms with van der Waals surface area (Å²) in [5, 5.41) is 8.02. The zero-order valence-electron chi connectivity index (χ0n) is 13.9. The first kappa shape index (κ1) is 16.2. The van der Waals surface area contributed by atoms with Crippen molar-refractivity contribution in [1.29, 1.82) is 0 Å². The van der Waals surface area contributed by atoms with Crippen LogP contribution in [0.25, 0.3) is 6.08 Å². The Morgan fingerprint density at radius 2 is 2.08 bits per heavy atom. The van der Waals surface area contributed by atoms with Crippen LogP contribution < -0.4 is 10.1 Å². The van der Waals surface area contributed by atoms with Gasteiger partial charge in [0.25, 0.3) is 5.91 Å². The van der Waals surface area contributed by atoms with Crippen LogP contribution in [0.1, 0.15) is 43.7 Å². The average molecular weight is 358 g/mol. The summed E-state index contributed by atoms with van der Waals surface area (Å²) in [4.78, 5) is 12.7. The van der Waals surface area contributed by atoms with Gasteiger partial charge >= 0.3 is 0 Å². The van der Waals surface area contributed by atoms with Crippen LogP contribution in [0.4, 0.5) is 5.82 Å². The van der Waals surface area contributed by atoms with Crippen molar-refractivity contribution >= 4 is 29.4 Å². The molecule has 1 N–H and O–H groups in total. The summed E-state index contributed by atoms with van der Waals surface area (Å²) < 4.78 is 7.62. The fraction of sp³-hybridized carbons (Fsp3) is 0.368. The van der Waals surface area contributed by atoms with E-state index < -0.39 is 0 Å². The number of nitrogens with zero attached hydrogens (tertiary/aromatic N) is 2. The van der Waals surface area contributed by atoms with E-state index in [-0.39, 0.29) is 12.5 Å².